The number of carbonyl (C=O) groups is 2. The number of carbonyl (C=O) groups excluding carboxylic acids is 2. The molecule has 0 spiro atoms. The van der Waals surface area contributed by atoms with Crippen molar-refractivity contribution in [3.05, 3.63) is 23.2 Å². The molecule has 1 rings (SSSR count). The van der Waals surface area contributed by atoms with Gasteiger partial charge in [0, 0.05) is 11.6 Å². The van der Waals surface area contributed by atoms with Crippen LogP contribution >= 0.6 is 0 Å². The number of hydrogen-bond acceptors (Lipinski definition) is 5. The average molecular weight is 282 g/mol. The molecule has 0 aromatic rings. The Labute approximate surface area is 119 Å². The molecule has 0 amide bonds. The van der Waals surface area contributed by atoms with Crippen LogP contribution < -0.4 is 0 Å². The summed E-state index contributed by atoms with van der Waals surface area (Å²) in [5.74, 6) is -0.332. The molecule has 0 heterocycles. The molecule has 5 nitrogen and oxygen atoms in total. The molecule has 2 unspecified atom stereocenters. The Hall–Kier alpha value is -1.78. The minimum Gasteiger partial charge on any atom is -0.496 e. The molecule has 5 heteroatoms. The van der Waals surface area contributed by atoms with Crippen molar-refractivity contribution in [2.75, 3.05) is 14.2 Å². The first-order valence-corrected chi connectivity index (χ1v) is 6.60. The monoisotopic (exact) mass is 282 g/mol. The maximum Gasteiger partial charge on any atom is 0.310 e. The molecule has 2 atom stereocenters. The molecule has 0 fully saturated rings. The van der Waals surface area contributed by atoms with Crippen LogP contribution in [0.3, 0.4) is 0 Å². The van der Waals surface area contributed by atoms with Crippen LogP contribution in [0.5, 0.6) is 0 Å². The van der Waals surface area contributed by atoms with E-state index in [9.17, 15) is 9.59 Å². The van der Waals surface area contributed by atoms with E-state index in [1.165, 1.54) is 20.3 Å². The first-order valence-electron chi connectivity index (χ1n) is 6.60. The number of rotatable bonds is 5. The van der Waals surface area contributed by atoms with Crippen molar-refractivity contribution in [1.29, 1.82) is 0 Å². The van der Waals surface area contributed by atoms with Crippen molar-refractivity contribution in [3.63, 3.8) is 0 Å². The Morgan fingerprint density at radius 3 is 2.40 bits per heavy atom. The number of ketones is 1. The lowest BCUT2D eigenvalue weighted by atomic mass is 9.88. The zero-order chi connectivity index (χ0) is 15.5. The first-order chi connectivity index (χ1) is 9.31. The summed E-state index contributed by atoms with van der Waals surface area (Å²) >= 11 is 0. The summed E-state index contributed by atoms with van der Waals surface area (Å²) in [6.45, 7) is 6.95. The maximum absolute atomic E-state index is 12.3. The lowest BCUT2D eigenvalue weighted by Gasteiger charge is -2.33. The number of allylic oxidation sites excluding steroid dienone is 1. The van der Waals surface area contributed by atoms with Crippen LogP contribution in [0.4, 0.5) is 0 Å². The quantitative estimate of drug-likeness (QED) is 0.724. The van der Waals surface area contributed by atoms with E-state index in [1.54, 1.807) is 20.8 Å². The normalized spacial score (nSPS) is 24.1. The summed E-state index contributed by atoms with van der Waals surface area (Å²) in [7, 11) is 2.92. The Morgan fingerprint density at radius 2 is 1.95 bits per heavy atom. The van der Waals surface area contributed by atoms with Gasteiger partial charge in [-0.05, 0) is 20.3 Å². The van der Waals surface area contributed by atoms with E-state index >= 15 is 0 Å². The van der Waals surface area contributed by atoms with Crippen molar-refractivity contribution in [3.8, 4) is 0 Å². The predicted molar refractivity (Wildman–Crippen MR) is 73.8 cm³/mol. The fraction of sp³-hybridized carbons (Fsp3) is 0.600. The van der Waals surface area contributed by atoms with Crippen LogP contribution in [-0.4, -0.2) is 31.6 Å². The SMILES string of the molecule is CCC(C)C(=O)OC1(C)C(=O)C=C(OC)C(C)=C1OC. The first kappa shape index (κ1) is 16.3. The third kappa shape index (κ3) is 2.71. The predicted octanol–water partition coefficient (Wildman–Crippen LogP) is 2.37. The van der Waals surface area contributed by atoms with Gasteiger partial charge in [0.05, 0.1) is 20.1 Å². The van der Waals surface area contributed by atoms with Crippen LogP contribution in [0, 0.1) is 5.92 Å². The smallest absolute Gasteiger partial charge is 0.310 e. The average Bonchev–Trinajstić information content (AvgIpc) is 2.42. The Balaban J connectivity index is 3.19. The summed E-state index contributed by atoms with van der Waals surface area (Å²) in [6.07, 6.45) is 1.98. The van der Waals surface area contributed by atoms with Crippen LogP contribution in [-0.2, 0) is 23.8 Å². The van der Waals surface area contributed by atoms with Gasteiger partial charge in [-0.25, -0.2) is 0 Å². The van der Waals surface area contributed by atoms with Crippen LogP contribution in [0.15, 0.2) is 23.2 Å². The van der Waals surface area contributed by atoms with E-state index in [0.717, 1.165) is 0 Å². The van der Waals surface area contributed by atoms with E-state index < -0.39 is 11.6 Å². The Bertz CT molecular complexity index is 475. The van der Waals surface area contributed by atoms with Gasteiger partial charge in [-0.2, -0.15) is 0 Å². The fourth-order valence-corrected chi connectivity index (χ4v) is 2.07. The zero-order valence-electron chi connectivity index (χ0n) is 12.9. The van der Waals surface area contributed by atoms with Gasteiger partial charge in [0.1, 0.15) is 5.76 Å². The van der Waals surface area contributed by atoms with Crippen molar-refractivity contribution >= 4 is 11.8 Å². The van der Waals surface area contributed by atoms with Crippen LogP contribution in [0.2, 0.25) is 0 Å². The Kier molecular flexibility index (Phi) is 4.98. The standard InChI is InChI=1S/C15H22O5/c1-7-9(2)14(17)20-15(4)12(16)8-11(18-5)10(3)13(15)19-6/h8-9H,7H2,1-6H3. The molecule has 0 aliphatic heterocycles. The van der Waals surface area contributed by atoms with Gasteiger partial charge in [-0.1, -0.05) is 13.8 Å². The minimum atomic E-state index is -1.43. The number of methoxy groups -OCH3 is 2. The summed E-state index contributed by atoms with van der Waals surface area (Å²) in [5.41, 5.74) is -0.782. The summed E-state index contributed by atoms with van der Waals surface area (Å²) in [5, 5.41) is 0. The van der Waals surface area contributed by atoms with E-state index in [-0.39, 0.29) is 11.7 Å². The summed E-state index contributed by atoms with van der Waals surface area (Å²) in [4.78, 5) is 24.3. The van der Waals surface area contributed by atoms with Crippen molar-refractivity contribution in [2.45, 2.75) is 39.7 Å². The van der Waals surface area contributed by atoms with Gasteiger partial charge in [0.15, 0.2) is 5.76 Å². The van der Waals surface area contributed by atoms with Gasteiger partial charge < -0.3 is 14.2 Å². The second-order valence-electron chi connectivity index (χ2n) is 5.00. The van der Waals surface area contributed by atoms with E-state index in [2.05, 4.69) is 0 Å². The molecular weight excluding hydrogens is 260 g/mol. The number of hydrogen-bond donors (Lipinski definition) is 0. The Morgan fingerprint density at radius 1 is 1.35 bits per heavy atom. The number of esters is 1. The van der Waals surface area contributed by atoms with Gasteiger partial charge >= 0.3 is 5.97 Å². The van der Waals surface area contributed by atoms with Gasteiger partial charge in [-0.15, -0.1) is 0 Å². The largest absolute Gasteiger partial charge is 0.496 e. The molecule has 0 aromatic carbocycles. The molecule has 1 aliphatic rings. The van der Waals surface area contributed by atoms with Crippen LogP contribution in [0.1, 0.15) is 34.1 Å². The molecule has 0 N–H and O–H groups in total. The van der Waals surface area contributed by atoms with E-state index in [4.69, 9.17) is 14.2 Å². The lowest BCUT2D eigenvalue weighted by Crippen LogP contribution is -2.45. The van der Waals surface area contributed by atoms with Crippen LogP contribution in [0.25, 0.3) is 0 Å². The highest BCUT2D eigenvalue weighted by atomic mass is 16.6. The molecule has 0 saturated carbocycles. The van der Waals surface area contributed by atoms with E-state index in [0.29, 0.717) is 23.5 Å². The highest BCUT2D eigenvalue weighted by Crippen LogP contribution is 2.35. The topological polar surface area (TPSA) is 61.8 Å². The second-order valence-corrected chi connectivity index (χ2v) is 5.00. The molecule has 0 bridgehead atoms. The molecular formula is C15H22O5. The lowest BCUT2D eigenvalue weighted by molar-refractivity contribution is -0.167. The minimum absolute atomic E-state index is 0.272. The van der Waals surface area contributed by atoms with Crippen molar-refractivity contribution < 1.29 is 23.8 Å². The molecule has 0 aromatic heterocycles. The van der Waals surface area contributed by atoms with Gasteiger partial charge in [0.2, 0.25) is 11.4 Å². The summed E-state index contributed by atoms with van der Waals surface area (Å²) < 4.78 is 15.9. The molecule has 1 aliphatic carbocycles. The maximum atomic E-state index is 12.3. The van der Waals surface area contributed by atoms with E-state index in [1.807, 2.05) is 6.92 Å². The van der Waals surface area contributed by atoms with Gasteiger partial charge in [-0.3, -0.25) is 9.59 Å². The molecule has 20 heavy (non-hydrogen) atoms. The third-order valence-electron chi connectivity index (χ3n) is 3.62. The number of ether oxygens (including phenoxy) is 3. The van der Waals surface area contributed by atoms with Crippen molar-refractivity contribution in [2.24, 2.45) is 5.92 Å². The zero-order valence-corrected chi connectivity index (χ0v) is 12.9. The highest BCUT2D eigenvalue weighted by molar-refractivity contribution is 6.02. The fourth-order valence-electron chi connectivity index (χ4n) is 2.07. The van der Waals surface area contributed by atoms with Crippen molar-refractivity contribution in [1.82, 2.24) is 0 Å². The highest BCUT2D eigenvalue weighted by Gasteiger charge is 2.46. The molecule has 0 saturated heterocycles. The van der Waals surface area contributed by atoms with Gasteiger partial charge in [0.25, 0.3) is 0 Å². The second kappa shape index (κ2) is 6.11. The summed E-state index contributed by atoms with van der Waals surface area (Å²) in [6, 6.07) is 0. The molecule has 0 radical (unpaired) electrons. The molecule has 112 valence electrons. The third-order valence-corrected chi connectivity index (χ3v) is 3.62.